The van der Waals surface area contributed by atoms with Gasteiger partial charge in [0.2, 0.25) is 5.91 Å². The average Bonchev–Trinajstić information content (AvgIpc) is 2.98. The number of sulfonamides is 1. The highest BCUT2D eigenvalue weighted by Crippen LogP contribution is 2.37. The number of nitrogens with one attached hydrogen (secondary N) is 1. The van der Waals surface area contributed by atoms with Crippen LogP contribution in [-0.2, 0) is 21.2 Å². The Bertz CT molecular complexity index is 1380. The van der Waals surface area contributed by atoms with E-state index < -0.39 is 22.5 Å². The fraction of sp³-hybridized carbons (Fsp3) is 0.345. The molecule has 11 heteroatoms. The summed E-state index contributed by atoms with van der Waals surface area (Å²) < 4.78 is 55.8. The maximum Gasteiger partial charge on any atom is 0.265 e. The number of aryl methyl sites for hydroxylation is 1. The Hall–Kier alpha value is -4.12. The van der Waals surface area contributed by atoms with Crippen molar-refractivity contribution in [3.8, 4) is 28.7 Å². The Morgan fingerprint density at radius 3 is 2.08 bits per heavy atom. The highest BCUT2D eigenvalue weighted by atomic mass is 32.2. The van der Waals surface area contributed by atoms with Gasteiger partial charge in [-0.25, -0.2) is 8.42 Å². The molecule has 3 rings (SSSR count). The van der Waals surface area contributed by atoms with Gasteiger partial charge in [0.1, 0.15) is 30.4 Å². The van der Waals surface area contributed by atoms with Crippen molar-refractivity contribution in [3.05, 3.63) is 66.2 Å². The van der Waals surface area contributed by atoms with Gasteiger partial charge in [-0.05, 0) is 48.4 Å². The first kappa shape index (κ1) is 30.4. The predicted molar refractivity (Wildman–Crippen MR) is 153 cm³/mol. The largest absolute Gasteiger partial charge is 0.497 e. The Kier molecular flexibility index (Phi) is 10.9. The number of carbonyl (C=O) groups is 1. The number of anilines is 1. The first-order chi connectivity index (χ1) is 19.3. The molecule has 216 valence electrons. The number of benzene rings is 3. The highest BCUT2D eigenvalue weighted by Gasteiger charge is 2.31. The fourth-order valence-electron chi connectivity index (χ4n) is 3.98. The minimum Gasteiger partial charge on any atom is -0.497 e. The molecular formula is C29H36N2O8S. The van der Waals surface area contributed by atoms with Gasteiger partial charge in [0.25, 0.3) is 10.0 Å². The lowest BCUT2D eigenvalue weighted by Crippen LogP contribution is -2.42. The predicted octanol–water partition coefficient (Wildman–Crippen LogP) is 4.06. The van der Waals surface area contributed by atoms with Crippen LogP contribution in [0.1, 0.15) is 18.9 Å². The molecule has 40 heavy (non-hydrogen) atoms. The number of amides is 1. The summed E-state index contributed by atoms with van der Waals surface area (Å²) in [6.07, 6.45) is 2.06. The number of hydrogen-bond donors (Lipinski definition) is 1. The van der Waals surface area contributed by atoms with Gasteiger partial charge in [-0.3, -0.25) is 9.10 Å². The number of hydrogen-bond acceptors (Lipinski definition) is 8. The number of rotatable bonds is 15. The zero-order valence-corrected chi connectivity index (χ0v) is 24.2. The Labute approximate surface area is 235 Å². The van der Waals surface area contributed by atoms with Gasteiger partial charge < -0.3 is 29.0 Å². The van der Waals surface area contributed by atoms with Crippen LogP contribution < -0.4 is 33.3 Å². The second-order valence-electron chi connectivity index (χ2n) is 8.66. The van der Waals surface area contributed by atoms with E-state index in [0.717, 1.165) is 17.1 Å². The van der Waals surface area contributed by atoms with E-state index in [1.807, 2.05) is 24.3 Å². The van der Waals surface area contributed by atoms with Crippen molar-refractivity contribution < 1.29 is 36.9 Å². The summed E-state index contributed by atoms with van der Waals surface area (Å²) in [5.41, 5.74) is 1.36. The van der Waals surface area contributed by atoms with Gasteiger partial charge in [0.15, 0.2) is 11.5 Å². The second-order valence-corrected chi connectivity index (χ2v) is 10.5. The maximum atomic E-state index is 13.9. The van der Waals surface area contributed by atoms with Gasteiger partial charge >= 0.3 is 0 Å². The van der Waals surface area contributed by atoms with Gasteiger partial charge in [-0.15, -0.1) is 0 Å². The van der Waals surface area contributed by atoms with Gasteiger partial charge in [0, 0.05) is 12.1 Å². The summed E-state index contributed by atoms with van der Waals surface area (Å²) in [7, 11) is 1.46. The number of nitrogens with zero attached hydrogens (tertiary/aromatic N) is 1. The van der Waals surface area contributed by atoms with Crippen molar-refractivity contribution in [1.29, 1.82) is 0 Å². The molecule has 0 saturated carbocycles. The minimum atomic E-state index is -4.28. The van der Waals surface area contributed by atoms with Crippen molar-refractivity contribution >= 4 is 21.6 Å². The molecule has 0 aliphatic heterocycles. The quantitative estimate of drug-likeness (QED) is 0.271. The first-order valence-corrected chi connectivity index (χ1v) is 14.2. The number of methoxy groups -OCH3 is 4. The molecule has 1 amide bonds. The fourth-order valence-corrected chi connectivity index (χ4v) is 5.42. The lowest BCUT2D eigenvalue weighted by Gasteiger charge is -2.26. The van der Waals surface area contributed by atoms with Crippen LogP contribution in [0.2, 0.25) is 0 Å². The smallest absolute Gasteiger partial charge is 0.265 e. The second kappa shape index (κ2) is 14.3. The number of ether oxygens (including phenoxy) is 5. The van der Waals surface area contributed by atoms with Crippen LogP contribution in [0.4, 0.5) is 5.69 Å². The van der Waals surface area contributed by atoms with E-state index in [1.54, 1.807) is 12.1 Å². The molecule has 0 aliphatic carbocycles. The van der Waals surface area contributed by atoms with E-state index in [2.05, 4.69) is 12.2 Å². The van der Waals surface area contributed by atoms with Crippen molar-refractivity contribution in [3.63, 3.8) is 0 Å². The molecule has 1 N–H and O–H groups in total. The third kappa shape index (κ3) is 7.50. The van der Waals surface area contributed by atoms with Gasteiger partial charge in [0.05, 0.1) is 45.6 Å². The van der Waals surface area contributed by atoms with E-state index >= 15 is 0 Å². The summed E-state index contributed by atoms with van der Waals surface area (Å²) in [5.74, 6) is 1.38. The van der Waals surface area contributed by atoms with Crippen LogP contribution in [0, 0.1) is 0 Å². The molecule has 0 bridgehead atoms. The lowest BCUT2D eigenvalue weighted by molar-refractivity contribution is -0.119. The van der Waals surface area contributed by atoms with Crippen LogP contribution >= 0.6 is 0 Å². The van der Waals surface area contributed by atoms with Crippen LogP contribution in [0.5, 0.6) is 28.7 Å². The molecule has 10 nitrogen and oxygen atoms in total. The standard InChI is InChI=1S/C29H36N2O8S/c1-6-7-21-8-10-22(11-9-21)39-17-16-30-29(32)20-31(25-18-23(35-2)12-14-26(25)36-3)40(33,34)24-13-15-27(37-4)28(19-24)38-5/h8-15,18-19H,6-7,16-17,20H2,1-5H3,(H,30,32). The van der Waals surface area contributed by atoms with E-state index in [4.69, 9.17) is 23.7 Å². The van der Waals surface area contributed by atoms with Crippen molar-refractivity contribution in [1.82, 2.24) is 5.32 Å². The first-order valence-electron chi connectivity index (χ1n) is 12.7. The summed E-state index contributed by atoms with van der Waals surface area (Å²) >= 11 is 0. The molecule has 0 aliphatic rings. The van der Waals surface area contributed by atoms with E-state index in [-0.39, 0.29) is 35.2 Å². The summed E-state index contributed by atoms with van der Waals surface area (Å²) in [4.78, 5) is 12.9. The molecule has 0 atom stereocenters. The Morgan fingerprint density at radius 2 is 1.45 bits per heavy atom. The normalized spacial score (nSPS) is 10.9. The number of carbonyl (C=O) groups excluding carboxylic acids is 1. The summed E-state index contributed by atoms with van der Waals surface area (Å²) in [6, 6.07) is 16.7. The van der Waals surface area contributed by atoms with Crippen LogP contribution in [-0.4, -0.2) is 62.5 Å². The molecule has 0 aromatic heterocycles. The topological polar surface area (TPSA) is 113 Å². The van der Waals surface area contributed by atoms with Crippen LogP contribution in [0.15, 0.2) is 65.6 Å². The highest BCUT2D eigenvalue weighted by molar-refractivity contribution is 7.92. The van der Waals surface area contributed by atoms with Crippen molar-refractivity contribution in [2.75, 3.05) is 52.4 Å². The minimum absolute atomic E-state index is 0.0994. The van der Waals surface area contributed by atoms with E-state index in [0.29, 0.717) is 17.2 Å². The van der Waals surface area contributed by atoms with Crippen LogP contribution in [0.25, 0.3) is 0 Å². The molecule has 3 aromatic carbocycles. The molecule has 3 aromatic rings. The van der Waals surface area contributed by atoms with E-state index in [9.17, 15) is 13.2 Å². The van der Waals surface area contributed by atoms with Crippen LogP contribution in [0.3, 0.4) is 0 Å². The van der Waals surface area contributed by atoms with Crippen molar-refractivity contribution in [2.45, 2.75) is 24.7 Å². The molecule has 0 saturated heterocycles. The van der Waals surface area contributed by atoms with Gasteiger partial charge in [-0.2, -0.15) is 0 Å². The lowest BCUT2D eigenvalue weighted by atomic mass is 10.1. The third-order valence-electron chi connectivity index (χ3n) is 6.04. The zero-order valence-electron chi connectivity index (χ0n) is 23.4. The average molecular weight is 573 g/mol. The maximum absolute atomic E-state index is 13.9. The Morgan fingerprint density at radius 1 is 0.800 bits per heavy atom. The molecule has 0 unspecified atom stereocenters. The van der Waals surface area contributed by atoms with E-state index in [1.165, 1.54) is 58.3 Å². The summed E-state index contributed by atoms with van der Waals surface area (Å²) in [5, 5.41) is 2.73. The zero-order chi connectivity index (χ0) is 29.1. The Balaban J connectivity index is 1.82. The SMILES string of the molecule is CCCc1ccc(OCCNC(=O)CN(c2cc(OC)ccc2OC)S(=O)(=O)c2ccc(OC)c(OC)c2)cc1. The third-order valence-corrected chi connectivity index (χ3v) is 7.80. The summed E-state index contributed by atoms with van der Waals surface area (Å²) in [6.45, 7) is 1.99. The van der Waals surface area contributed by atoms with Gasteiger partial charge in [-0.1, -0.05) is 25.5 Å². The molecule has 0 spiro atoms. The molecular weight excluding hydrogens is 536 g/mol. The molecule has 0 radical (unpaired) electrons. The molecule has 0 heterocycles. The van der Waals surface area contributed by atoms with Crippen molar-refractivity contribution in [2.24, 2.45) is 0 Å². The monoisotopic (exact) mass is 572 g/mol. The molecule has 0 fully saturated rings.